The average Bonchev–Trinajstić information content (AvgIpc) is 3.16. The molecule has 5 rings (SSSR count). The van der Waals surface area contributed by atoms with Crippen LogP contribution in [0.2, 0.25) is 0 Å². The molecule has 1 aromatic heterocycles. The van der Waals surface area contributed by atoms with Crippen LogP contribution in [0.5, 0.6) is 0 Å². The topological polar surface area (TPSA) is 57.3 Å². The van der Waals surface area contributed by atoms with E-state index in [4.69, 9.17) is 0 Å². The van der Waals surface area contributed by atoms with Crippen LogP contribution < -0.4 is 15.5 Å². The number of pyridine rings is 1. The Balaban J connectivity index is 1.23. The predicted octanol–water partition coefficient (Wildman–Crippen LogP) is 4.96. The highest BCUT2D eigenvalue weighted by molar-refractivity contribution is 5.90. The van der Waals surface area contributed by atoms with Crippen LogP contribution in [0.3, 0.4) is 0 Å². The molecule has 3 aromatic rings. The first-order valence-electron chi connectivity index (χ1n) is 10.7. The molecule has 0 spiro atoms. The molecule has 1 aliphatic heterocycles. The lowest BCUT2D eigenvalue weighted by atomic mass is 10.1. The molecule has 2 aromatic carbocycles. The number of fused-ring (bicyclic) bond motifs is 3. The monoisotopic (exact) mass is 398 g/mol. The molecule has 1 saturated heterocycles. The van der Waals surface area contributed by atoms with Gasteiger partial charge in [0.2, 0.25) is 0 Å². The first-order chi connectivity index (χ1) is 14.8. The van der Waals surface area contributed by atoms with Gasteiger partial charge in [0.15, 0.2) is 0 Å². The van der Waals surface area contributed by atoms with Gasteiger partial charge in [-0.3, -0.25) is 0 Å². The number of hydrogen-bond donors (Lipinski definition) is 2. The molecule has 1 fully saturated rings. The van der Waals surface area contributed by atoms with Crippen molar-refractivity contribution in [1.29, 1.82) is 0 Å². The molecule has 0 saturated carbocycles. The Morgan fingerprint density at radius 2 is 1.77 bits per heavy atom. The SMILES string of the molecule is O=C(NCc1cccnc1N1CCCCC1)Nc1ccc2c(c1)Cc1ccccc1-2. The minimum absolute atomic E-state index is 0.195. The second-order valence-corrected chi connectivity index (χ2v) is 8.05. The van der Waals surface area contributed by atoms with Crippen molar-refractivity contribution in [1.82, 2.24) is 10.3 Å². The first kappa shape index (κ1) is 18.7. The Kier molecular flexibility index (Phi) is 5.10. The van der Waals surface area contributed by atoms with Gasteiger partial charge >= 0.3 is 6.03 Å². The number of urea groups is 1. The molecular formula is C25H26N4O. The number of hydrogen-bond acceptors (Lipinski definition) is 3. The van der Waals surface area contributed by atoms with Crippen LogP contribution in [0.25, 0.3) is 11.1 Å². The van der Waals surface area contributed by atoms with Crippen LogP contribution in [-0.4, -0.2) is 24.1 Å². The number of anilines is 2. The van der Waals surface area contributed by atoms with Crippen LogP contribution in [0.15, 0.2) is 60.8 Å². The zero-order chi connectivity index (χ0) is 20.3. The van der Waals surface area contributed by atoms with Gasteiger partial charge < -0.3 is 15.5 Å². The number of rotatable bonds is 4. The van der Waals surface area contributed by atoms with Crippen molar-refractivity contribution in [3.05, 3.63) is 77.5 Å². The van der Waals surface area contributed by atoms with Crippen molar-refractivity contribution in [3.8, 4) is 11.1 Å². The summed E-state index contributed by atoms with van der Waals surface area (Å²) in [5, 5.41) is 5.98. The number of aromatic nitrogens is 1. The lowest BCUT2D eigenvalue weighted by Crippen LogP contribution is -2.33. The molecule has 0 bridgehead atoms. The highest BCUT2D eigenvalue weighted by Gasteiger charge is 2.19. The molecule has 5 heteroatoms. The second kappa shape index (κ2) is 8.19. The fraction of sp³-hybridized carbons (Fsp3) is 0.280. The van der Waals surface area contributed by atoms with E-state index in [-0.39, 0.29) is 6.03 Å². The van der Waals surface area contributed by atoms with Crippen molar-refractivity contribution in [2.24, 2.45) is 0 Å². The Morgan fingerprint density at radius 3 is 2.67 bits per heavy atom. The quantitative estimate of drug-likeness (QED) is 0.511. The van der Waals surface area contributed by atoms with Crippen LogP contribution in [-0.2, 0) is 13.0 Å². The third kappa shape index (κ3) is 3.75. The van der Waals surface area contributed by atoms with Crippen LogP contribution >= 0.6 is 0 Å². The number of benzene rings is 2. The van der Waals surface area contributed by atoms with Crippen molar-refractivity contribution >= 4 is 17.5 Å². The van der Waals surface area contributed by atoms with Gasteiger partial charge in [-0.05, 0) is 66.1 Å². The maximum atomic E-state index is 12.5. The van der Waals surface area contributed by atoms with E-state index in [2.05, 4.69) is 56.9 Å². The molecule has 2 amide bonds. The van der Waals surface area contributed by atoms with Gasteiger partial charge in [-0.25, -0.2) is 9.78 Å². The molecule has 2 heterocycles. The van der Waals surface area contributed by atoms with E-state index in [0.29, 0.717) is 6.54 Å². The summed E-state index contributed by atoms with van der Waals surface area (Å²) in [6, 6.07) is 18.4. The highest BCUT2D eigenvalue weighted by atomic mass is 16.2. The summed E-state index contributed by atoms with van der Waals surface area (Å²) >= 11 is 0. The van der Waals surface area contributed by atoms with Crippen molar-refractivity contribution in [3.63, 3.8) is 0 Å². The smallest absolute Gasteiger partial charge is 0.319 e. The number of carbonyl (C=O) groups excluding carboxylic acids is 1. The van der Waals surface area contributed by atoms with E-state index in [9.17, 15) is 4.79 Å². The third-order valence-electron chi connectivity index (χ3n) is 6.01. The number of piperidine rings is 1. The van der Waals surface area contributed by atoms with Gasteiger partial charge in [-0.15, -0.1) is 0 Å². The maximum Gasteiger partial charge on any atom is 0.319 e. The Hall–Kier alpha value is -3.34. The molecule has 30 heavy (non-hydrogen) atoms. The van der Waals surface area contributed by atoms with E-state index in [1.54, 1.807) is 0 Å². The standard InChI is InChI=1S/C25H26N4O/c30-25(27-17-19-8-6-12-26-24(19)29-13-4-1-5-14-29)28-21-10-11-23-20(16-21)15-18-7-2-3-9-22(18)23/h2-3,6-12,16H,1,4-5,13-15,17H2,(H2,27,28,30). The molecular weight excluding hydrogens is 372 g/mol. The Labute approximate surface area is 177 Å². The third-order valence-corrected chi connectivity index (χ3v) is 6.01. The van der Waals surface area contributed by atoms with Crippen LogP contribution in [0.1, 0.15) is 36.0 Å². The second-order valence-electron chi connectivity index (χ2n) is 8.05. The molecule has 1 aliphatic carbocycles. The van der Waals surface area contributed by atoms with E-state index in [1.165, 1.54) is 41.5 Å². The van der Waals surface area contributed by atoms with Gasteiger partial charge in [-0.1, -0.05) is 36.4 Å². The van der Waals surface area contributed by atoms with Crippen molar-refractivity contribution in [2.75, 3.05) is 23.3 Å². The number of nitrogens with one attached hydrogen (secondary N) is 2. The van der Waals surface area contributed by atoms with Crippen LogP contribution in [0.4, 0.5) is 16.3 Å². The number of nitrogens with zero attached hydrogens (tertiary/aromatic N) is 2. The minimum Gasteiger partial charge on any atom is -0.356 e. The fourth-order valence-corrected chi connectivity index (χ4v) is 4.53. The fourth-order valence-electron chi connectivity index (χ4n) is 4.53. The summed E-state index contributed by atoms with van der Waals surface area (Å²) in [4.78, 5) is 19.4. The van der Waals surface area contributed by atoms with Crippen molar-refractivity contribution in [2.45, 2.75) is 32.2 Å². The molecule has 0 atom stereocenters. The Bertz CT molecular complexity index is 1070. The first-order valence-corrected chi connectivity index (χ1v) is 10.7. The molecule has 0 radical (unpaired) electrons. The predicted molar refractivity (Wildman–Crippen MR) is 121 cm³/mol. The lowest BCUT2D eigenvalue weighted by molar-refractivity contribution is 0.251. The van der Waals surface area contributed by atoms with E-state index >= 15 is 0 Å². The van der Waals surface area contributed by atoms with Gasteiger partial charge in [0.1, 0.15) is 5.82 Å². The normalized spacial score (nSPS) is 14.7. The number of carbonyl (C=O) groups is 1. The Morgan fingerprint density at radius 1 is 0.933 bits per heavy atom. The summed E-state index contributed by atoms with van der Waals surface area (Å²) in [6.45, 7) is 2.53. The van der Waals surface area contributed by atoms with Crippen molar-refractivity contribution < 1.29 is 4.79 Å². The van der Waals surface area contributed by atoms with Gasteiger partial charge in [-0.2, -0.15) is 0 Å². The largest absolute Gasteiger partial charge is 0.356 e. The summed E-state index contributed by atoms with van der Waals surface area (Å²) in [6.07, 6.45) is 6.43. The van der Waals surface area contributed by atoms with E-state index in [1.807, 2.05) is 24.4 Å². The highest BCUT2D eigenvalue weighted by Crippen LogP contribution is 2.37. The maximum absolute atomic E-state index is 12.5. The molecule has 0 unspecified atom stereocenters. The minimum atomic E-state index is -0.195. The zero-order valence-electron chi connectivity index (χ0n) is 17.0. The summed E-state index contributed by atoms with van der Waals surface area (Å²) in [7, 11) is 0. The zero-order valence-corrected chi connectivity index (χ0v) is 17.0. The summed E-state index contributed by atoms with van der Waals surface area (Å²) in [5.74, 6) is 0.993. The lowest BCUT2D eigenvalue weighted by Gasteiger charge is -2.29. The van der Waals surface area contributed by atoms with Gasteiger partial charge in [0, 0.05) is 37.1 Å². The molecule has 5 nitrogen and oxygen atoms in total. The van der Waals surface area contributed by atoms with E-state index < -0.39 is 0 Å². The number of amides is 2. The summed E-state index contributed by atoms with van der Waals surface area (Å²) < 4.78 is 0. The van der Waals surface area contributed by atoms with Gasteiger partial charge in [0.05, 0.1) is 0 Å². The van der Waals surface area contributed by atoms with E-state index in [0.717, 1.165) is 36.6 Å². The average molecular weight is 399 g/mol. The van der Waals surface area contributed by atoms with Crippen LogP contribution in [0, 0.1) is 0 Å². The molecule has 2 N–H and O–H groups in total. The molecule has 2 aliphatic rings. The van der Waals surface area contributed by atoms with Gasteiger partial charge in [0.25, 0.3) is 0 Å². The summed E-state index contributed by atoms with van der Waals surface area (Å²) in [5.41, 5.74) is 7.04. The molecule has 152 valence electrons.